The predicted octanol–water partition coefficient (Wildman–Crippen LogP) is 3.08. The first kappa shape index (κ1) is 17.4. The highest BCUT2D eigenvalue weighted by Gasteiger charge is 2.21. The van der Waals surface area contributed by atoms with E-state index in [2.05, 4.69) is 10.3 Å². The van der Waals surface area contributed by atoms with Gasteiger partial charge >= 0.3 is 0 Å². The molecule has 3 rings (SSSR count). The molecule has 132 valence electrons. The first-order valence-corrected chi connectivity index (χ1v) is 9.08. The number of benzene rings is 1. The van der Waals surface area contributed by atoms with Gasteiger partial charge < -0.3 is 15.0 Å². The quantitative estimate of drug-likeness (QED) is 0.890. The van der Waals surface area contributed by atoms with Gasteiger partial charge in [-0.05, 0) is 44.0 Å². The number of likely N-dealkylation sites (tertiary alicyclic amines) is 1. The third-order valence-corrected chi connectivity index (χ3v) is 5.05. The summed E-state index contributed by atoms with van der Waals surface area (Å²) >= 11 is 1.43. The van der Waals surface area contributed by atoms with E-state index < -0.39 is 0 Å². The van der Waals surface area contributed by atoms with Crippen molar-refractivity contribution in [3.8, 4) is 17.0 Å². The number of carbonyl (C=O) groups is 2. The second-order valence-corrected chi connectivity index (χ2v) is 7.18. The number of aromatic nitrogens is 1. The fraction of sp³-hybridized carbons (Fsp3) is 0.389. The van der Waals surface area contributed by atoms with Crippen molar-refractivity contribution < 1.29 is 14.3 Å². The van der Waals surface area contributed by atoms with E-state index in [9.17, 15) is 9.59 Å². The summed E-state index contributed by atoms with van der Waals surface area (Å²) in [6, 6.07) is 7.65. The minimum atomic E-state index is -0.203. The molecule has 1 aromatic carbocycles. The molecule has 0 unspecified atom stereocenters. The van der Waals surface area contributed by atoms with E-state index in [4.69, 9.17) is 4.74 Å². The number of piperidine rings is 1. The van der Waals surface area contributed by atoms with Crippen LogP contribution in [0.5, 0.6) is 5.75 Å². The largest absolute Gasteiger partial charge is 0.497 e. The van der Waals surface area contributed by atoms with E-state index in [0.717, 1.165) is 34.7 Å². The van der Waals surface area contributed by atoms with Crippen LogP contribution in [0.15, 0.2) is 24.3 Å². The van der Waals surface area contributed by atoms with Gasteiger partial charge in [0.1, 0.15) is 5.75 Å². The van der Waals surface area contributed by atoms with E-state index in [1.165, 1.54) is 11.3 Å². The third-order valence-electron chi connectivity index (χ3n) is 4.16. The van der Waals surface area contributed by atoms with Crippen LogP contribution in [0.1, 0.15) is 24.1 Å². The van der Waals surface area contributed by atoms with Gasteiger partial charge in [0.05, 0.1) is 19.3 Å². The molecule has 0 atom stereocenters. The van der Waals surface area contributed by atoms with Crippen molar-refractivity contribution in [1.82, 2.24) is 9.88 Å². The van der Waals surface area contributed by atoms with E-state index in [1.54, 1.807) is 12.0 Å². The van der Waals surface area contributed by atoms with Crippen LogP contribution in [0.2, 0.25) is 0 Å². The first-order chi connectivity index (χ1) is 12.1. The molecule has 0 spiro atoms. The van der Waals surface area contributed by atoms with Crippen LogP contribution in [-0.4, -0.2) is 41.9 Å². The average molecular weight is 359 g/mol. The number of hydrogen-bond acceptors (Lipinski definition) is 5. The molecule has 25 heavy (non-hydrogen) atoms. The lowest BCUT2D eigenvalue weighted by molar-refractivity contribution is -0.136. The summed E-state index contributed by atoms with van der Waals surface area (Å²) < 4.78 is 5.17. The van der Waals surface area contributed by atoms with Gasteiger partial charge in [0, 0.05) is 23.4 Å². The summed E-state index contributed by atoms with van der Waals surface area (Å²) in [7, 11) is 1.63. The number of hydrogen-bond donors (Lipinski definition) is 1. The first-order valence-electron chi connectivity index (χ1n) is 8.26. The number of anilines is 1. The number of nitrogens with one attached hydrogen (secondary N) is 1. The molecule has 0 aliphatic carbocycles. The van der Waals surface area contributed by atoms with Gasteiger partial charge in [-0.3, -0.25) is 9.59 Å². The standard InChI is InChI=1S/C18H21N3O3S/c1-12-17(13-6-8-14(24-2)9-7-13)20-18(25-12)19-15(22)11-21-10-4-3-5-16(21)23/h6-9H,3-5,10-11H2,1-2H3,(H,19,20,22). The van der Waals surface area contributed by atoms with Crippen LogP contribution in [0.25, 0.3) is 11.3 Å². The van der Waals surface area contributed by atoms with Crippen molar-refractivity contribution in [3.05, 3.63) is 29.1 Å². The Morgan fingerprint density at radius 3 is 2.76 bits per heavy atom. The van der Waals surface area contributed by atoms with Gasteiger partial charge in [0.25, 0.3) is 0 Å². The van der Waals surface area contributed by atoms with Gasteiger partial charge in [0.15, 0.2) is 5.13 Å². The number of ether oxygens (including phenoxy) is 1. The highest BCUT2D eigenvalue weighted by Crippen LogP contribution is 2.31. The summed E-state index contributed by atoms with van der Waals surface area (Å²) in [4.78, 5) is 31.2. The molecule has 2 heterocycles. The van der Waals surface area contributed by atoms with Crippen LogP contribution >= 0.6 is 11.3 Å². The Morgan fingerprint density at radius 1 is 1.32 bits per heavy atom. The van der Waals surface area contributed by atoms with Crippen LogP contribution in [0, 0.1) is 6.92 Å². The van der Waals surface area contributed by atoms with E-state index in [0.29, 0.717) is 18.1 Å². The Kier molecular flexibility index (Phi) is 5.33. The van der Waals surface area contributed by atoms with Crippen LogP contribution < -0.4 is 10.1 Å². The van der Waals surface area contributed by atoms with Crippen LogP contribution in [0.3, 0.4) is 0 Å². The molecule has 1 fully saturated rings. The average Bonchev–Trinajstić information content (AvgIpc) is 2.97. The Hall–Kier alpha value is -2.41. The van der Waals surface area contributed by atoms with E-state index >= 15 is 0 Å². The Balaban J connectivity index is 1.67. The fourth-order valence-electron chi connectivity index (χ4n) is 2.83. The number of carbonyl (C=O) groups excluding carboxylic acids is 2. The van der Waals surface area contributed by atoms with E-state index in [-0.39, 0.29) is 18.4 Å². The summed E-state index contributed by atoms with van der Waals surface area (Å²) in [5, 5.41) is 3.37. The van der Waals surface area contributed by atoms with Crippen molar-refractivity contribution in [2.24, 2.45) is 0 Å². The fourth-order valence-corrected chi connectivity index (χ4v) is 3.68. The van der Waals surface area contributed by atoms with E-state index in [1.807, 2.05) is 31.2 Å². The SMILES string of the molecule is COc1ccc(-c2nc(NC(=O)CN3CCCCC3=O)sc2C)cc1. The Labute approximate surface area is 150 Å². The van der Waals surface area contributed by atoms with Gasteiger partial charge in [0.2, 0.25) is 11.8 Å². The maximum atomic E-state index is 12.2. The second-order valence-electron chi connectivity index (χ2n) is 5.97. The summed E-state index contributed by atoms with van der Waals surface area (Å²) in [5.41, 5.74) is 1.82. The number of nitrogens with zero attached hydrogens (tertiary/aromatic N) is 2. The molecule has 6 nitrogen and oxygen atoms in total. The topological polar surface area (TPSA) is 71.5 Å². The number of methoxy groups -OCH3 is 1. The minimum Gasteiger partial charge on any atom is -0.497 e. The van der Waals surface area contributed by atoms with Crippen LogP contribution in [0.4, 0.5) is 5.13 Å². The monoisotopic (exact) mass is 359 g/mol. The molecule has 0 saturated carbocycles. The molecule has 2 amide bonds. The van der Waals surface area contributed by atoms with Crippen molar-refractivity contribution in [3.63, 3.8) is 0 Å². The number of rotatable bonds is 5. The van der Waals surface area contributed by atoms with Gasteiger partial charge in [-0.1, -0.05) is 0 Å². The molecule has 0 bridgehead atoms. The molecular weight excluding hydrogens is 338 g/mol. The number of amides is 2. The lowest BCUT2D eigenvalue weighted by atomic mass is 10.1. The second kappa shape index (κ2) is 7.65. The lowest BCUT2D eigenvalue weighted by Gasteiger charge is -2.25. The van der Waals surface area contributed by atoms with Gasteiger partial charge in [-0.25, -0.2) is 4.98 Å². The molecule has 1 N–H and O–H groups in total. The number of aryl methyl sites for hydroxylation is 1. The smallest absolute Gasteiger partial charge is 0.245 e. The Morgan fingerprint density at radius 2 is 2.08 bits per heavy atom. The summed E-state index contributed by atoms with van der Waals surface area (Å²) in [6.45, 7) is 2.72. The van der Waals surface area contributed by atoms with Gasteiger partial charge in [-0.2, -0.15) is 0 Å². The zero-order valence-corrected chi connectivity index (χ0v) is 15.2. The molecule has 1 saturated heterocycles. The maximum Gasteiger partial charge on any atom is 0.245 e. The van der Waals surface area contributed by atoms with Crippen LogP contribution in [-0.2, 0) is 9.59 Å². The maximum absolute atomic E-state index is 12.2. The lowest BCUT2D eigenvalue weighted by Crippen LogP contribution is -2.40. The van der Waals surface area contributed by atoms with Crippen molar-refractivity contribution >= 4 is 28.3 Å². The molecule has 7 heteroatoms. The molecule has 2 aromatic rings. The normalized spacial score (nSPS) is 14.5. The molecule has 0 radical (unpaired) electrons. The van der Waals surface area contributed by atoms with Crippen molar-refractivity contribution in [2.45, 2.75) is 26.2 Å². The highest BCUT2D eigenvalue weighted by molar-refractivity contribution is 7.16. The molecule has 1 aliphatic rings. The zero-order chi connectivity index (χ0) is 17.8. The number of thiazole rings is 1. The van der Waals surface area contributed by atoms with Gasteiger partial charge in [-0.15, -0.1) is 11.3 Å². The highest BCUT2D eigenvalue weighted by atomic mass is 32.1. The summed E-state index contributed by atoms with van der Waals surface area (Å²) in [6.07, 6.45) is 2.40. The minimum absolute atomic E-state index is 0.0515. The summed E-state index contributed by atoms with van der Waals surface area (Å²) in [5.74, 6) is 0.636. The predicted molar refractivity (Wildman–Crippen MR) is 97.9 cm³/mol. The Bertz CT molecular complexity index is 770. The molecule has 1 aromatic heterocycles. The zero-order valence-electron chi connectivity index (χ0n) is 14.4. The van der Waals surface area contributed by atoms with Crippen molar-refractivity contribution in [1.29, 1.82) is 0 Å². The van der Waals surface area contributed by atoms with Crippen molar-refractivity contribution in [2.75, 3.05) is 25.5 Å². The molecular formula is C18H21N3O3S. The molecule has 1 aliphatic heterocycles. The third kappa shape index (κ3) is 4.17.